The minimum absolute atomic E-state index is 0.139. The molecular formula is C102H70F2N4S2Si2. The number of nitrogens with zero attached hydrogens (tertiary/aromatic N) is 4. The van der Waals surface area contributed by atoms with E-state index in [2.05, 4.69) is 341 Å². The first-order chi connectivity index (χ1) is 54.7. The lowest BCUT2D eigenvalue weighted by atomic mass is 9.86. The number of fused-ring (bicyclic) bond motifs is 18. The second-order valence-corrected chi connectivity index (χ2v) is 41.7. The van der Waals surface area contributed by atoms with Crippen molar-refractivity contribution in [2.75, 3.05) is 0 Å². The molecule has 532 valence electrons. The van der Waals surface area contributed by atoms with Crippen molar-refractivity contribution in [3.63, 3.8) is 0 Å². The van der Waals surface area contributed by atoms with E-state index in [0.717, 1.165) is 88.8 Å². The maximum atomic E-state index is 15.9. The fraction of sp³-hybridized carbons (Fsp3) is 0.0588. The first kappa shape index (κ1) is 67.6. The van der Waals surface area contributed by atoms with E-state index in [9.17, 15) is 0 Å². The fourth-order valence-corrected chi connectivity index (χ4v) is 27.0. The summed E-state index contributed by atoms with van der Waals surface area (Å²) in [6.45, 7) is 13.8. The Morgan fingerprint density at radius 3 is 1.02 bits per heavy atom. The Kier molecular flexibility index (Phi) is 15.7. The summed E-state index contributed by atoms with van der Waals surface area (Å²) in [4.78, 5) is 20.4. The Morgan fingerprint density at radius 1 is 0.250 bits per heavy atom. The highest BCUT2D eigenvalue weighted by Gasteiger charge is 2.39. The Morgan fingerprint density at radius 2 is 0.589 bits per heavy atom. The third-order valence-electron chi connectivity index (χ3n) is 23.9. The SMILES string of the molecule is C[Si]1(C)c2ccccc2-c2cc(-c3cnc4c(c3)c(F)c(F)c3cc(-c5ccc6c(c5)-c5ccccc5[Si]6(C)C)cnc34)ccc21.Cc1nc2c(ccc3c(-c4ccccc4)c(-c4ccc(-c5cccc6c5sc5ccccc56)cc4)c(C)nc32)c(-c2ccccc2)c1-c1ccc(-c2cccc3c2sc2ccccc23)cc1. The van der Waals surface area contributed by atoms with Gasteiger partial charge in [-0.3, -0.25) is 19.9 Å². The van der Waals surface area contributed by atoms with Gasteiger partial charge in [0.25, 0.3) is 0 Å². The molecule has 0 amide bonds. The molecule has 0 radical (unpaired) electrons. The predicted octanol–water partition coefficient (Wildman–Crippen LogP) is 26.1. The summed E-state index contributed by atoms with van der Waals surface area (Å²) in [5, 5.41) is 13.4. The Hall–Kier alpha value is -12.5. The second kappa shape index (κ2) is 26.1. The van der Waals surface area contributed by atoms with Crippen molar-refractivity contribution in [2.24, 2.45) is 0 Å². The number of benzene rings is 14. The minimum atomic E-state index is -1.78. The maximum absolute atomic E-state index is 15.9. The highest BCUT2D eigenvalue weighted by atomic mass is 32.1. The summed E-state index contributed by atoms with van der Waals surface area (Å²) in [7, 11) is -3.57. The van der Waals surface area contributed by atoms with E-state index in [0.29, 0.717) is 11.0 Å². The summed E-state index contributed by atoms with van der Waals surface area (Å²) >= 11 is 3.75. The first-order valence-corrected chi connectivity index (χ1v) is 45.8. The molecule has 0 aliphatic carbocycles. The molecule has 4 nitrogen and oxygen atoms in total. The van der Waals surface area contributed by atoms with Gasteiger partial charge in [-0.05, 0) is 149 Å². The van der Waals surface area contributed by atoms with Gasteiger partial charge in [-0.1, -0.05) is 293 Å². The van der Waals surface area contributed by atoms with E-state index in [1.165, 1.54) is 117 Å². The molecule has 0 N–H and O–H groups in total. The summed E-state index contributed by atoms with van der Waals surface area (Å²) in [5.74, 6) is -1.79. The fourth-order valence-electron chi connectivity index (χ4n) is 18.4. The van der Waals surface area contributed by atoms with Crippen molar-refractivity contribution in [1.82, 2.24) is 19.9 Å². The summed E-state index contributed by atoms with van der Waals surface area (Å²) in [5.41, 5.74) is 27.0. The van der Waals surface area contributed by atoms with Crippen molar-refractivity contribution in [1.29, 1.82) is 0 Å². The minimum Gasteiger partial charge on any atom is -0.253 e. The van der Waals surface area contributed by atoms with Crippen LogP contribution in [0.15, 0.2) is 316 Å². The van der Waals surface area contributed by atoms with E-state index >= 15 is 8.78 Å². The van der Waals surface area contributed by atoms with Crippen LogP contribution in [0.5, 0.6) is 0 Å². The quantitative estimate of drug-likeness (QED) is 0.112. The molecule has 0 fully saturated rings. The van der Waals surface area contributed by atoms with Crippen LogP contribution in [-0.2, 0) is 0 Å². The number of hydrogen-bond donors (Lipinski definition) is 0. The lowest BCUT2D eigenvalue weighted by molar-refractivity contribution is 0.525. The zero-order chi connectivity index (χ0) is 75.4. The number of aromatic nitrogens is 4. The van der Waals surface area contributed by atoms with Gasteiger partial charge in [0.1, 0.15) is 16.1 Å². The average Bonchev–Trinajstić information content (AvgIpc) is 1.13. The molecule has 10 heteroatoms. The third kappa shape index (κ3) is 10.6. The van der Waals surface area contributed by atoms with Gasteiger partial charge in [0.05, 0.1) is 22.1 Å². The van der Waals surface area contributed by atoms with Crippen LogP contribution < -0.4 is 20.7 Å². The van der Waals surface area contributed by atoms with Crippen molar-refractivity contribution in [3.8, 4) is 111 Å². The van der Waals surface area contributed by atoms with Gasteiger partial charge < -0.3 is 0 Å². The molecule has 20 aromatic rings. The van der Waals surface area contributed by atoms with E-state index in [4.69, 9.17) is 9.97 Å². The van der Waals surface area contributed by atoms with Gasteiger partial charge in [-0.2, -0.15) is 0 Å². The number of aryl methyl sites for hydroxylation is 2. The van der Waals surface area contributed by atoms with Gasteiger partial charge in [0, 0.05) is 119 Å². The molecule has 2 aliphatic heterocycles. The number of pyridine rings is 4. The topological polar surface area (TPSA) is 51.6 Å². The van der Waals surface area contributed by atoms with Gasteiger partial charge in [0.15, 0.2) is 11.6 Å². The molecule has 0 spiro atoms. The standard InChI is InChI=1S/C62H40N2S2.C40H30F2N2Si2/c1-37-55(43-31-27-39(28-32-43)45-21-13-23-49-47-19-9-11-25-53(47)65-61(45)49)57(41-15-5-3-6-16-41)51-35-36-52-58(42-17-7-4-8-18-42)56(38(2)64-60(52)59(51)63-37)44-33-29-40(30-34-44)46-22-14-24-50-48-20-10-12-26-54(48)66-62(46)50;1-45(2)33-11-7-5-9-27(33)29-17-23(13-15-35(29)45)25-19-31-37(41)38(42)32-20-26(22-44-40(32)39(31)43-21-25)24-14-16-36-30(18-24)28-10-6-8-12-34(28)46(36,3)4/h3-36H,1-2H3;5-22H,1-4H3. The lowest BCUT2D eigenvalue weighted by Crippen LogP contribution is -2.49. The summed E-state index contributed by atoms with van der Waals surface area (Å²) in [6, 6.07) is 109. The van der Waals surface area contributed by atoms with Gasteiger partial charge in [0.2, 0.25) is 0 Å². The zero-order valence-electron chi connectivity index (χ0n) is 62.4. The molecule has 8 heterocycles. The average molecular weight is 1510 g/mol. The lowest BCUT2D eigenvalue weighted by Gasteiger charge is -2.20. The molecule has 14 aromatic carbocycles. The second-order valence-electron chi connectivity index (χ2n) is 30.9. The molecule has 0 atom stereocenters. The third-order valence-corrected chi connectivity index (χ3v) is 33.4. The number of halogens is 2. The van der Waals surface area contributed by atoms with Crippen molar-refractivity contribution in [2.45, 2.75) is 40.0 Å². The van der Waals surface area contributed by atoms with E-state index in [1.54, 1.807) is 24.5 Å². The number of rotatable bonds is 8. The number of hydrogen-bond acceptors (Lipinski definition) is 6. The molecule has 112 heavy (non-hydrogen) atoms. The Balaban J connectivity index is 0.000000151. The molecule has 2 aliphatic rings. The van der Waals surface area contributed by atoms with Crippen molar-refractivity contribution in [3.05, 3.63) is 339 Å². The predicted molar refractivity (Wildman–Crippen MR) is 477 cm³/mol. The largest absolute Gasteiger partial charge is 0.253 e. The van der Waals surface area contributed by atoms with Crippen molar-refractivity contribution >= 4 is 144 Å². The van der Waals surface area contributed by atoms with Gasteiger partial charge in [-0.15, -0.1) is 22.7 Å². The smallest absolute Gasteiger partial charge is 0.169 e. The molecular weight excluding hydrogens is 1440 g/mol. The highest BCUT2D eigenvalue weighted by Crippen LogP contribution is 2.49. The first-order valence-electron chi connectivity index (χ1n) is 38.2. The van der Waals surface area contributed by atoms with Crippen LogP contribution in [0.25, 0.3) is 195 Å². The van der Waals surface area contributed by atoms with Crippen LogP contribution in [0.4, 0.5) is 8.78 Å². The van der Waals surface area contributed by atoms with Crippen LogP contribution in [0.3, 0.4) is 0 Å². The van der Waals surface area contributed by atoms with Gasteiger partial charge in [-0.25, -0.2) is 8.78 Å². The summed E-state index contributed by atoms with van der Waals surface area (Å²) in [6.07, 6.45) is 3.51. The van der Waals surface area contributed by atoms with Crippen LogP contribution in [-0.4, -0.2) is 36.1 Å². The molecule has 0 bridgehead atoms. The van der Waals surface area contributed by atoms with E-state index < -0.39 is 27.8 Å². The van der Waals surface area contributed by atoms with Crippen LogP contribution in [0.1, 0.15) is 11.4 Å². The van der Waals surface area contributed by atoms with E-state index in [-0.39, 0.29) is 10.8 Å². The zero-order valence-corrected chi connectivity index (χ0v) is 66.0. The normalized spacial score (nSPS) is 13.1. The van der Waals surface area contributed by atoms with Crippen LogP contribution >= 0.6 is 22.7 Å². The van der Waals surface area contributed by atoms with E-state index in [1.807, 2.05) is 22.7 Å². The molecule has 22 rings (SSSR count). The maximum Gasteiger partial charge on any atom is 0.169 e. The molecule has 6 aromatic heterocycles. The summed E-state index contributed by atoms with van der Waals surface area (Å²) < 4.78 is 37.0. The highest BCUT2D eigenvalue weighted by molar-refractivity contribution is 7.26. The molecule has 0 saturated carbocycles. The molecule has 0 unspecified atom stereocenters. The Bertz CT molecular complexity index is 6920. The van der Waals surface area contributed by atoms with Crippen LogP contribution in [0, 0.1) is 25.5 Å². The van der Waals surface area contributed by atoms with Crippen molar-refractivity contribution < 1.29 is 8.78 Å². The molecule has 0 saturated heterocycles. The van der Waals surface area contributed by atoms with Gasteiger partial charge >= 0.3 is 0 Å². The Labute approximate surface area is 657 Å². The number of thiophene rings is 2. The van der Waals surface area contributed by atoms with Crippen LogP contribution in [0.2, 0.25) is 26.2 Å². The monoisotopic (exact) mass is 1510 g/mol.